The van der Waals surface area contributed by atoms with E-state index in [1.54, 1.807) is 0 Å². The molecule has 0 bridgehead atoms. The quantitative estimate of drug-likeness (QED) is 0.862. The molecule has 1 heterocycles. The summed E-state index contributed by atoms with van der Waals surface area (Å²) in [5, 5.41) is 3.97. The van der Waals surface area contributed by atoms with Crippen molar-refractivity contribution in [3.63, 3.8) is 0 Å². The topological polar surface area (TPSA) is 30.5 Å². The molecule has 20 heavy (non-hydrogen) atoms. The van der Waals surface area contributed by atoms with Crippen LogP contribution in [-0.4, -0.2) is 6.79 Å². The van der Waals surface area contributed by atoms with Crippen LogP contribution in [0.2, 0.25) is 5.02 Å². The zero-order valence-electron chi connectivity index (χ0n) is 10.9. The number of benzene rings is 2. The molecule has 5 heteroatoms. The van der Waals surface area contributed by atoms with Crippen molar-refractivity contribution in [3.05, 3.63) is 51.0 Å². The van der Waals surface area contributed by atoms with Gasteiger partial charge in [-0.3, -0.25) is 0 Å². The number of hydrogen-bond donors (Lipinski definition) is 1. The fraction of sp³-hybridized carbons (Fsp3) is 0.200. The van der Waals surface area contributed by atoms with E-state index >= 15 is 0 Å². The van der Waals surface area contributed by atoms with Crippen LogP contribution in [0, 0.1) is 6.92 Å². The molecule has 0 fully saturated rings. The van der Waals surface area contributed by atoms with Gasteiger partial charge in [0.1, 0.15) is 0 Å². The summed E-state index contributed by atoms with van der Waals surface area (Å²) in [5.74, 6) is 1.34. The predicted octanol–water partition coefficient (Wildman–Crippen LogP) is 4.75. The van der Waals surface area contributed by atoms with Gasteiger partial charge in [0.15, 0.2) is 11.5 Å². The number of anilines is 1. The molecule has 0 aromatic heterocycles. The van der Waals surface area contributed by atoms with Crippen molar-refractivity contribution in [1.82, 2.24) is 0 Å². The molecule has 0 unspecified atom stereocenters. The predicted molar refractivity (Wildman–Crippen MR) is 83.8 cm³/mol. The molecule has 2 aromatic rings. The van der Waals surface area contributed by atoms with E-state index in [1.165, 1.54) is 5.56 Å². The second-order valence-electron chi connectivity index (χ2n) is 4.60. The standard InChI is InChI=1S/C15H13BrClNO2/c1-9-3-2-4-12(14(9)16)18-7-10-5-11(17)15-13(6-10)19-8-20-15/h2-6,18H,7-8H2,1H3. The molecule has 1 aliphatic rings. The van der Waals surface area contributed by atoms with Gasteiger partial charge in [-0.2, -0.15) is 0 Å². The molecule has 3 rings (SSSR count). The Bertz CT molecular complexity index is 661. The molecule has 104 valence electrons. The minimum absolute atomic E-state index is 0.232. The van der Waals surface area contributed by atoms with Gasteiger partial charge in [0.25, 0.3) is 0 Å². The van der Waals surface area contributed by atoms with Crippen molar-refractivity contribution in [1.29, 1.82) is 0 Å². The van der Waals surface area contributed by atoms with E-state index in [0.29, 0.717) is 23.1 Å². The minimum atomic E-state index is 0.232. The first-order valence-corrected chi connectivity index (χ1v) is 7.39. The van der Waals surface area contributed by atoms with E-state index in [9.17, 15) is 0 Å². The third-order valence-corrected chi connectivity index (χ3v) is 4.50. The van der Waals surface area contributed by atoms with Crippen molar-refractivity contribution >= 4 is 33.2 Å². The van der Waals surface area contributed by atoms with Crippen LogP contribution >= 0.6 is 27.5 Å². The average Bonchev–Trinajstić information content (AvgIpc) is 2.89. The third kappa shape index (κ3) is 2.58. The zero-order chi connectivity index (χ0) is 14.1. The summed E-state index contributed by atoms with van der Waals surface area (Å²) >= 11 is 9.76. The van der Waals surface area contributed by atoms with Gasteiger partial charge in [0.05, 0.1) is 5.02 Å². The van der Waals surface area contributed by atoms with Crippen LogP contribution in [0.5, 0.6) is 11.5 Å². The highest BCUT2D eigenvalue weighted by atomic mass is 79.9. The fourth-order valence-electron chi connectivity index (χ4n) is 2.10. The van der Waals surface area contributed by atoms with Crippen LogP contribution in [0.4, 0.5) is 5.69 Å². The highest BCUT2D eigenvalue weighted by Crippen LogP contribution is 2.40. The van der Waals surface area contributed by atoms with Gasteiger partial charge in [-0.05, 0) is 52.2 Å². The van der Waals surface area contributed by atoms with Gasteiger partial charge < -0.3 is 14.8 Å². The van der Waals surface area contributed by atoms with Gasteiger partial charge in [-0.1, -0.05) is 23.7 Å². The van der Waals surface area contributed by atoms with E-state index in [-0.39, 0.29) is 6.79 Å². The van der Waals surface area contributed by atoms with Crippen LogP contribution in [0.25, 0.3) is 0 Å². The Morgan fingerprint density at radius 1 is 1.30 bits per heavy atom. The molecule has 1 aliphatic heterocycles. The highest BCUT2D eigenvalue weighted by molar-refractivity contribution is 9.10. The summed E-state index contributed by atoms with van der Waals surface area (Å²) in [6, 6.07) is 9.96. The van der Waals surface area contributed by atoms with E-state index in [0.717, 1.165) is 15.7 Å². The van der Waals surface area contributed by atoms with Crippen molar-refractivity contribution < 1.29 is 9.47 Å². The molecule has 0 radical (unpaired) electrons. The number of ether oxygens (including phenoxy) is 2. The molecule has 0 amide bonds. The minimum Gasteiger partial charge on any atom is -0.454 e. The van der Waals surface area contributed by atoms with Crippen molar-refractivity contribution in [2.24, 2.45) is 0 Å². The molecule has 0 saturated heterocycles. The Labute approximate surface area is 131 Å². The second-order valence-corrected chi connectivity index (χ2v) is 5.80. The molecule has 0 saturated carbocycles. The summed E-state index contributed by atoms with van der Waals surface area (Å²) < 4.78 is 11.7. The maximum atomic E-state index is 6.17. The smallest absolute Gasteiger partial charge is 0.231 e. The molecule has 1 N–H and O–H groups in total. The maximum absolute atomic E-state index is 6.17. The first kappa shape index (κ1) is 13.6. The Balaban J connectivity index is 1.79. The molecular formula is C15H13BrClNO2. The third-order valence-electron chi connectivity index (χ3n) is 3.16. The number of fused-ring (bicyclic) bond motifs is 1. The van der Waals surface area contributed by atoms with E-state index in [1.807, 2.05) is 24.3 Å². The van der Waals surface area contributed by atoms with Crippen molar-refractivity contribution in [3.8, 4) is 11.5 Å². The lowest BCUT2D eigenvalue weighted by Crippen LogP contribution is -2.00. The lowest BCUT2D eigenvalue weighted by atomic mass is 10.2. The molecule has 0 spiro atoms. The largest absolute Gasteiger partial charge is 0.454 e. The summed E-state index contributed by atoms with van der Waals surface area (Å²) in [5.41, 5.74) is 3.30. The van der Waals surface area contributed by atoms with Crippen LogP contribution in [0.3, 0.4) is 0 Å². The first-order valence-electron chi connectivity index (χ1n) is 6.22. The first-order chi connectivity index (χ1) is 9.65. The Hall–Kier alpha value is -1.39. The SMILES string of the molecule is Cc1cccc(NCc2cc(Cl)c3c(c2)OCO3)c1Br. The lowest BCUT2D eigenvalue weighted by Gasteiger charge is -2.11. The van der Waals surface area contributed by atoms with Crippen molar-refractivity contribution in [2.45, 2.75) is 13.5 Å². The van der Waals surface area contributed by atoms with Gasteiger partial charge >= 0.3 is 0 Å². The average molecular weight is 355 g/mol. The van der Waals surface area contributed by atoms with Crippen LogP contribution in [-0.2, 0) is 6.54 Å². The van der Waals surface area contributed by atoms with Crippen LogP contribution < -0.4 is 14.8 Å². The van der Waals surface area contributed by atoms with Crippen LogP contribution in [0.15, 0.2) is 34.8 Å². The number of hydrogen-bond acceptors (Lipinski definition) is 3. The Morgan fingerprint density at radius 2 is 2.15 bits per heavy atom. The number of rotatable bonds is 3. The molecule has 0 aliphatic carbocycles. The zero-order valence-corrected chi connectivity index (χ0v) is 13.2. The van der Waals surface area contributed by atoms with Crippen molar-refractivity contribution in [2.75, 3.05) is 12.1 Å². The molecular weight excluding hydrogens is 342 g/mol. The number of halogens is 2. The van der Waals surface area contributed by atoms with E-state index in [4.69, 9.17) is 21.1 Å². The summed E-state index contributed by atoms with van der Waals surface area (Å²) in [6.07, 6.45) is 0. The lowest BCUT2D eigenvalue weighted by molar-refractivity contribution is 0.174. The van der Waals surface area contributed by atoms with Crippen LogP contribution in [0.1, 0.15) is 11.1 Å². The van der Waals surface area contributed by atoms with Gasteiger partial charge in [-0.15, -0.1) is 0 Å². The molecule has 0 atom stereocenters. The number of aryl methyl sites for hydroxylation is 1. The maximum Gasteiger partial charge on any atom is 0.231 e. The summed E-state index contributed by atoms with van der Waals surface area (Å²) in [6.45, 7) is 2.96. The van der Waals surface area contributed by atoms with E-state index in [2.05, 4.69) is 34.2 Å². The highest BCUT2D eigenvalue weighted by Gasteiger charge is 2.18. The summed E-state index contributed by atoms with van der Waals surface area (Å²) in [4.78, 5) is 0. The van der Waals surface area contributed by atoms with Gasteiger partial charge in [0, 0.05) is 16.7 Å². The normalized spacial score (nSPS) is 12.6. The second kappa shape index (κ2) is 5.54. The Kier molecular flexibility index (Phi) is 3.76. The molecule has 3 nitrogen and oxygen atoms in total. The fourth-order valence-corrected chi connectivity index (χ4v) is 2.80. The molecule has 2 aromatic carbocycles. The Morgan fingerprint density at radius 3 is 3.00 bits per heavy atom. The van der Waals surface area contributed by atoms with Gasteiger partial charge in [-0.25, -0.2) is 0 Å². The van der Waals surface area contributed by atoms with Gasteiger partial charge in [0.2, 0.25) is 6.79 Å². The van der Waals surface area contributed by atoms with E-state index < -0.39 is 0 Å². The monoisotopic (exact) mass is 353 g/mol. The summed E-state index contributed by atoms with van der Waals surface area (Å²) in [7, 11) is 0. The number of nitrogens with one attached hydrogen (secondary N) is 1.